The van der Waals surface area contributed by atoms with E-state index in [2.05, 4.69) is 9.97 Å². The summed E-state index contributed by atoms with van der Waals surface area (Å²) in [5.74, 6) is 0.857. The molecule has 0 bridgehead atoms. The summed E-state index contributed by atoms with van der Waals surface area (Å²) in [5.41, 5.74) is 0. The van der Waals surface area contributed by atoms with Crippen molar-refractivity contribution in [3.63, 3.8) is 0 Å². The zero-order chi connectivity index (χ0) is 11.4. The van der Waals surface area contributed by atoms with Gasteiger partial charge in [-0.2, -0.15) is 4.39 Å². The number of aromatic nitrogens is 2. The average Bonchev–Trinajstić information content (AvgIpc) is 2.78. The molecule has 0 spiro atoms. The second kappa shape index (κ2) is 4.74. The van der Waals surface area contributed by atoms with Crippen LogP contribution in [0.3, 0.4) is 0 Å². The highest BCUT2D eigenvalue weighted by atomic mass is 19.1. The number of hydrogen-bond donors (Lipinski definition) is 0. The molecule has 0 aliphatic rings. The lowest BCUT2D eigenvalue weighted by atomic mass is 10.4. The molecule has 0 aliphatic carbocycles. The molecule has 2 aromatic heterocycles. The van der Waals surface area contributed by atoms with Crippen LogP contribution in [0.5, 0.6) is 0 Å². The Balaban J connectivity index is 2.16. The van der Waals surface area contributed by atoms with Crippen molar-refractivity contribution >= 4 is 5.82 Å². The fourth-order valence-corrected chi connectivity index (χ4v) is 1.44. The van der Waals surface area contributed by atoms with E-state index in [-0.39, 0.29) is 0 Å². The highest BCUT2D eigenvalue weighted by molar-refractivity contribution is 5.36. The minimum Gasteiger partial charge on any atom is -0.467 e. The molecular formula is C11H12FN3O. The lowest BCUT2D eigenvalue weighted by Crippen LogP contribution is -2.23. The topological polar surface area (TPSA) is 42.2 Å². The number of furan rings is 1. The zero-order valence-corrected chi connectivity index (χ0v) is 8.93. The Morgan fingerprint density at radius 2 is 2.31 bits per heavy atom. The molecule has 0 atom stereocenters. The summed E-state index contributed by atoms with van der Waals surface area (Å²) >= 11 is 0. The zero-order valence-electron chi connectivity index (χ0n) is 8.93. The first-order valence-electron chi connectivity index (χ1n) is 5.04. The third-order valence-corrected chi connectivity index (χ3v) is 2.25. The Bertz CT molecular complexity index is 444. The van der Waals surface area contributed by atoms with Gasteiger partial charge in [-0.3, -0.25) is 0 Å². The normalized spacial score (nSPS) is 10.4. The highest BCUT2D eigenvalue weighted by Crippen LogP contribution is 2.14. The van der Waals surface area contributed by atoms with Gasteiger partial charge in [0.15, 0.2) is 0 Å². The minimum atomic E-state index is -0.525. The van der Waals surface area contributed by atoms with Gasteiger partial charge < -0.3 is 9.32 Å². The first-order chi connectivity index (χ1) is 7.79. The van der Waals surface area contributed by atoms with E-state index in [1.54, 1.807) is 6.26 Å². The smallest absolute Gasteiger partial charge is 0.218 e. The number of hydrogen-bond acceptors (Lipinski definition) is 4. The second-order valence-corrected chi connectivity index (χ2v) is 3.29. The van der Waals surface area contributed by atoms with Crippen LogP contribution >= 0.6 is 0 Å². The molecule has 2 heterocycles. The maximum atomic E-state index is 12.9. The Morgan fingerprint density at radius 3 is 2.94 bits per heavy atom. The van der Waals surface area contributed by atoms with Gasteiger partial charge in [-0.05, 0) is 19.1 Å². The van der Waals surface area contributed by atoms with Crippen molar-refractivity contribution in [2.45, 2.75) is 13.5 Å². The molecule has 4 nitrogen and oxygen atoms in total. The van der Waals surface area contributed by atoms with Gasteiger partial charge in [0.25, 0.3) is 0 Å². The maximum Gasteiger partial charge on any atom is 0.218 e. The van der Waals surface area contributed by atoms with E-state index >= 15 is 0 Å². The molecule has 84 valence electrons. The van der Waals surface area contributed by atoms with Crippen molar-refractivity contribution in [1.82, 2.24) is 9.97 Å². The van der Waals surface area contributed by atoms with Crippen LogP contribution in [0.4, 0.5) is 10.2 Å². The number of nitrogens with zero attached hydrogens (tertiary/aromatic N) is 3. The maximum absolute atomic E-state index is 12.9. The summed E-state index contributed by atoms with van der Waals surface area (Å²) in [4.78, 5) is 9.36. The van der Waals surface area contributed by atoms with E-state index in [0.29, 0.717) is 12.4 Å². The van der Waals surface area contributed by atoms with Crippen LogP contribution in [0.1, 0.15) is 12.7 Å². The number of anilines is 1. The van der Waals surface area contributed by atoms with Gasteiger partial charge in [-0.15, -0.1) is 0 Å². The Morgan fingerprint density at radius 1 is 1.44 bits per heavy atom. The Labute approximate surface area is 92.7 Å². The lowest BCUT2D eigenvalue weighted by molar-refractivity contribution is 0.502. The molecule has 0 N–H and O–H groups in total. The van der Waals surface area contributed by atoms with Gasteiger partial charge in [-0.25, -0.2) is 9.97 Å². The molecular weight excluding hydrogens is 209 g/mol. The molecule has 0 unspecified atom stereocenters. The third-order valence-electron chi connectivity index (χ3n) is 2.25. The van der Waals surface area contributed by atoms with Gasteiger partial charge in [0.05, 0.1) is 12.8 Å². The van der Waals surface area contributed by atoms with Crippen molar-refractivity contribution in [1.29, 1.82) is 0 Å². The van der Waals surface area contributed by atoms with Crippen molar-refractivity contribution in [2.24, 2.45) is 0 Å². The Kier molecular flexibility index (Phi) is 3.14. The van der Waals surface area contributed by atoms with Gasteiger partial charge in [0.2, 0.25) is 5.95 Å². The molecule has 5 heteroatoms. The molecule has 0 fully saturated rings. The molecule has 2 rings (SSSR count). The van der Waals surface area contributed by atoms with Crippen molar-refractivity contribution in [3.05, 3.63) is 42.5 Å². The van der Waals surface area contributed by atoms with Crippen LogP contribution in [-0.4, -0.2) is 16.5 Å². The highest BCUT2D eigenvalue weighted by Gasteiger charge is 2.09. The van der Waals surface area contributed by atoms with Crippen LogP contribution in [0.25, 0.3) is 0 Å². The van der Waals surface area contributed by atoms with Crippen LogP contribution in [-0.2, 0) is 6.54 Å². The average molecular weight is 221 g/mol. The predicted octanol–water partition coefficient (Wildman–Crippen LogP) is 2.24. The van der Waals surface area contributed by atoms with E-state index < -0.39 is 5.95 Å². The fraction of sp³-hybridized carbons (Fsp3) is 0.273. The van der Waals surface area contributed by atoms with Crippen LogP contribution < -0.4 is 4.90 Å². The standard InChI is InChI=1S/C11H12FN3O/c1-2-15(7-9-4-3-5-16-9)11-6-10(12)13-8-14-11/h3-6,8H,2,7H2,1H3. The summed E-state index contributed by atoms with van der Waals surface area (Å²) in [5, 5.41) is 0. The minimum absolute atomic E-state index is 0.525. The van der Waals surface area contributed by atoms with Crippen molar-refractivity contribution in [2.75, 3.05) is 11.4 Å². The van der Waals surface area contributed by atoms with E-state index in [9.17, 15) is 4.39 Å². The first-order valence-corrected chi connectivity index (χ1v) is 5.04. The largest absolute Gasteiger partial charge is 0.467 e. The lowest BCUT2D eigenvalue weighted by Gasteiger charge is -2.20. The molecule has 0 aliphatic heterocycles. The molecule has 0 saturated carbocycles. The van der Waals surface area contributed by atoms with Gasteiger partial charge in [0.1, 0.15) is 17.9 Å². The van der Waals surface area contributed by atoms with Crippen molar-refractivity contribution < 1.29 is 8.81 Å². The molecule has 0 saturated heterocycles. The van der Waals surface area contributed by atoms with E-state index in [1.807, 2.05) is 24.0 Å². The molecule has 0 amide bonds. The van der Waals surface area contributed by atoms with Gasteiger partial charge >= 0.3 is 0 Å². The molecule has 0 aromatic carbocycles. The summed E-state index contributed by atoms with van der Waals surface area (Å²) in [7, 11) is 0. The van der Waals surface area contributed by atoms with Gasteiger partial charge in [0, 0.05) is 12.6 Å². The number of halogens is 1. The number of rotatable bonds is 4. The van der Waals surface area contributed by atoms with Crippen LogP contribution in [0.15, 0.2) is 35.2 Å². The van der Waals surface area contributed by atoms with Crippen LogP contribution in [0, 0.1) is 5.95 Å². The van der Waals surface area contributed by atoms with Gasteiger partial charge in [-0.1, -0.05) is 0 Å². The van der Waals surface area contributed by atoms with E-state index in [1.165, 1.54) is 12.4 Å². The Hall–Kier alpha value is -1.91. The SMILES string of the molecule is CCN(Cc1ccco1)c1cc(F)ncn1. The van der Waals surface area contributed by atoms with E-state index in [0.717, 1.165) is 12.3 Å². The van der Waals surface area contributed by atoms with Crippen LogP contribution in [0.2, 0.25) is 0 Å². The van der Waals surface area contributed by atoms with E-state index in [4.69, 9.17) is 4.42 Å². The quantitative estimate of drug-likeness (QED) is 0.742. The molecule has 16 heavy (non-hydrogen) atoms. The molecule has 0 radical (unpaired) electrons. The fourth-order valence-electron chi connectivity index (χ4n) is 1.44. The summed E-state index contributed by atoms with van der Waals surface area (Å²) in [6, 6.07) is 5.01. The third kappa shape index (κ3) is 2.36. The predicted molar refractivity (Wildman–Crippen MR) is 57.4 cm³/mol. The second-order valence-electron chi connectivity index (χ2n) is 3.29. The summed E-state index contributed by atoms with van der Waals surface area (Å²) < 4.78 is 18.2. The monoisotopic (exact) mass is 221 g/mol. The summed E-state index contributed by atoms with van der Waals surface area (Å²) in [6.45, 7) is 3.26. The summed E-state index contributed by atoms with van der Waals surface area (Å²) in [6.07, 6.45) is 2.83. The molecule has 2 aromatic rings. The van der Waals surface area contributed by atoms with Crippen molar-refractivity contribution in [3.8, 4) is 0 Å². The first kappa shape index (κ1) is 10.6.